The van der Waals surface area contributed by atoms with E-state index in [1.807, 2.05) is 55.5 Å². The molecule has 1 nitrogen and oxygen atoms in total. The summed E-state index contributed by atoms with van der Waals surface area (Å²) in [6.45, 7) is 2.05. The van der Waals surface area contributed by atoms with Crippen LogP contribution in [-0.4, -0.2) is 0 Å². The lowest BCUT2D eigenvalue weighted by molar-refractivity contribution is 0.480. The van der Waals surface area contributed by atoms with Gasteiger partial charge in [0.2, 0.25) is 0 Å². The molecule has 0 aliphatic rings. The maximum Gasteiger partial charge on any atom is 0.135 e. The van der Waals surface area contributed by atoms with Crippen LogP contribution in [0.1, 0.15) is 5.56 Å². The predicted octanol–water partition coefficient (Wildman–Crippen LogP) is 6.22. The number of aryl methyl sites for hydroxylation is 1. The van der Waals surface area contributed by atoms with Gasteiger partial charge in [-0.15, -0.1) is 0 Å². The highest BCUT2D eigenvalue weighted by Crippen LogP contribution is 2.34. The summed E-state index contributed by atoms with van der Waals surface area (Å²) in [4.78, 5) is 0. The number of halogens is 1. The number of ether oxygens (including phenoxy) is 1. The van der Waals surface area contributed by atoms with Crippen molar-refractivity contribution in [3.05, 3.63) is 82.8 Å². The third kappa shape index (κ3) is 3.17. The van der Waals surface area contributed by atoms with E-state index in [2.05, 4.69) is 40.2 Å². The summed E-state index contributed by atoms with van der Waals surface area (Å²) in [7, 11) is 0. The van der Waals surface area contributed by atoms with E-state index in [4.69, 9.17) is 4.74 Å². The van der Waals surface area contributed by atoms with Crippen molar-refractivity contribution >= 4 is 15.9 Å². The maximum atomic E-state index is 6.13. The van der Waals surface area contributed by atoms with Crippen LogP contribution in [0.25, 0.3) is 11.1 Å². The molecule has 0 atom stereocenters. The number of benzene rings is 3. The zero-order valence-electron chi connectivity index (χ0n) is 11.7. The number of hydrogen-bond acceptors (Lipinski definition) is 1. The smallest absolute Gasteiger partial charge is 0.135 e. The third-order valence-electron chi connectivity index (χ3n) is 3.33. The normalized spacial score (nSPS) is 10.4. The van der Waals surface area contributed by atoms with Crippen molar-refractivity contribution in [2.75, 3.05) is 0 Å². The SMILES string of the molecule is Cc1cc(Br)ccc1Oc1ccccc1-c1ccccc1. The summed E-state index contributed by atoms with van der Waals surface area (Å²) in [5.74, 6) is 1.75. The molecule has 0 fully saturated rings. The fourth-order valence-corrected chi connectivity index (χ4v) is 2.73. The van der Waals surface area contributed by atoms with E-state index in [9.17, 15) is 0 Å². The van der Waals surface area contributed by atoms with E-state index in [0.717, 1.165) is 32.7 Å². The summed E-state index contributed by atoms with van der Waals surface area (Å²) in [5.41, 5.74) is 3.36. The van der Waals surface area contributed by atoms with Gasteiger partial charge in [0.1, 0.15) is 11.5 Å². The van der Waals surface area contributed by atoms with E-state index in [1.54, 1.807) is 0 Å². The van der Waals surface area contributed by atoms with Crippen LogP contribution in [0.3, 0.4) is 0 Å². The van der Waals surface area contributed by atoms with Crippen LogP contribution in [0, 0.1) is 6.92 Å². The molecule has 3 rings (SSSR count). The molecule has 0 unspecified atom stereocenters. The Labute approximate surface area is 133 Å². The molecule has 0 heterocycles. The monoisotopic (exact) mass is 338 g/mol. The van der Waals surface area contributed by atoms with E-state index in [1.165, 1.54) is 0 Å². The minimum Gasteiger partial charge on any atom is -0.456 e. The van der Waals surface area contributed by atoms with Crippen molar-refractivity contribution < 1.29 is 4.74 Å². The summed E-state index contributed by atoms with van der Waals surface area (Å²) < 4.78 is 7.19. The zero-order valence-corrected chi connectivity index (χ0v) is 13.3. The lowest BCUT2D eigenvalue weighted by Gasteiger charge is -2.13. The summed E-state index contributed by atoms with van der Waals surface area (Å²) >= 11 is 3.48. The molecule has 104 valence electrons. The fraction of sp³-hybridized carbons (Fsp3) is 0.0526. The van der Waals surface area contributed by atoms with Crippen LogP contribution in [-0.2, 0) is 0 Å². The van der Waals surface area contributed by atoms with Gasteiger partial charge in [0.25, 0.3) is 0 Å². The van der Waals surface area contributed by atoms with Gasteiger partial charge in [0.15, 0.2) is 0 Å². The Hall–Kier alpha value is -2.06. The highest BCUT2D eigenvalue weighted by molar-refractivity contribution is 9.10. The highest BCUT2D eigenvalue weighted by Gasteiger charge is 2.08. The fourth-order valence-electron chi connectivity index (χ4n) is 2.26. The number of rotatable bonds is 3. The van der Waals surface area contributed by atoms with Gasteiger partial charge in [-0.25, -0.2) is 0 Å². The molecular weight excluding hydrogens is 324 g/mol. The first kappa shape index (κ1) is 13.9. The van der Waals surface area contributed by atoms with Crippen LogP contribution in [0.2, 0.25) is 0 Å². The van der Waals surface area contributed by atoms with E-state index < -0.39 is 0 Å². The Bertz CT molecular complexity index is 751. The van der Waals surface area contributed by atoms with E-state index in [-0.39, 0.29) is 0 Å². The molecule has 0 radical (unpaired) electrons. The van der Waals surface area contributed by atoms with Crippen LogP contribution in [0.4, 0.5) is 0 Å². The maximum absolute atomic E-state index is 6.13. The molecule has 0 spiro atoms. The van der Waals surface area contributed by atoms with Gasteiger partial charge in [-0.1, -0.05) is 64.5 Å². The molecule has 2 heteroatoms. The molecule has 0 bridgehead atoms. The second-order valence-corrected chi connectivity index (χ2v) is 5.79. The van der Waals surface area contributed by atoms with Gasteiger partial charge in [0.05, 0.1) is 0 Å². The topological polar surface area (TPSA) is 9.23 Å². The number of hydrogen-bond donors (Lipinski definition) is 0. The van der Waals surface area contributed by atoms with Gasteiger partial charge in [-0.2, -0.15) is 0 Å². The Morgan fingerprint density at radius 2 is 1.48 bits per heavy atom. The molecule has 0 N–H and O–H groups in total. The summed E-state index contributed by atoms with van der Waals surface area (Å²) in [5, 5.41) is 0. The first-order chi connectivity index (χ1) is 10.2. The first-order valence-corrected chi connectivity index (χ1v) is 7.62. The number of para-hydroxylation sites is 1. The van der Waals surface area contributed by atoms with Gasteiger partial charge >= 0.3 is 0 Å². The van der Waals surface area contributed by atoms with Crippen LogP contribution in [0.5, 0.6) is 11.5 Å². The Morgan fingerprint density at radius 3 is 2.24 bits per heavy atom. The van der Waals surface area contributed by atoms with Gasteiger partial charge < -0.3 is 4.74 Å². The van der Waals surface area contributed by atoms with Crippen molar-refractivity contribution in [1.29, 1.82) is 0 Å². The minimum absolute atomic E-state index is 0.870. The predicted molar refractivity (Wildman–Crippen MR) is 90.8 cm³/mol. The molecule has 0 saturated carbocycles. The van der Waals surface area contributed by atoms with Crippen molar-refractivity contribution in [2.24, 2.45) is 0 Å². The van der Waals surface area contributed by atoms with Crippen molar-refractivity contribution in [2.45, 2.75) is 6.92 Å². The lowest BCUT2D eigenvalue weighted by atomic mass is 10.0. The summed E-state index contributed by atoms with van der Waals surface area (Å²) in [6.07, 6.45) is 0. The second kappa shape index (κ2) is 6.15. The zero-order chi connectivity index (χ0) is 14.7. The molecule has 0 aliphatic carbocycles. The van der Waals surface area contributed by atoms with Crippen molar-refractivity contribution in [1.82, 2.24) is 0 Å². The minimum atomic E-state index is 0.870. The molecule has 3 aromatic carbocycles. The highest BCUT2D eigenvalue weighted by atomic mass is 79.9. The van der Waals surface area contributed by atoms with E-state index in [0.29, 0.717) is 0 Å². The largest absolute Gasteiger partial charge is 0.456 e. The second-order valence-electron chi connectivity index (χ2n) is 4.87. The van der Waals surface area contributed by atoms with Gasteiger partial charge in [-0.3, -0.25) is 0 Å². The molecule has 3 aromatic rings. The van der Waals surface area contributed by atoms with Crippen LogP contribution in [0.15, 0.2) is 77.3 Å². The molecule has 21 heavy (non-hydrogen) atoms. The Balaban J connectivity index is 2.00. The third-order valence-corrected chi connectivity index (χ3v) is 3.82. The first-order valence-electron chi connectivity index (χ1n) is 6.82. The van der Waals surface area contributed by atoms with Gasteiger partial charge in [-0.05, 0) is 42.3 Å². The van der Waals surface area contributed by atoms with Crippen molar-refractivity contribution in [3.8, 4) is 22.6 Å². The van der Waals surface area contributed by atoms with Crippen molar-refractivity contribution in [3.63, 3.8) is 0 Å². The average Bonchev–Trinajstić information content (AvgIpc) is 2.51. The Morgan fingerprint density at radius 1 is 0.762 bits per heavy atom. The molecular formula is C19H15BrO. The molecule has 0 aliphatic heterocycles. The van der Waals surface area contributed by atoms with E-state index >= 15 is 0 Å². The quantitative estimate of drug-likeness (QED) is 0.551. The average molecular weight is 339 g/mol. The van der Waals surface area contributed by atoms with Crippen LogP contribution >= 0.6 is 15.9 Å². The molecule has 0 saturated heterocycles. The molecule has 0 amide bonds. The molecule has 0 aromatic heterocycles. The van der Waals surface area contributed by atoms with Crippen LogP contribution < -0.4 is 4.74 Å². The Kier molecular flexibility index (Phi) is 4.07. The van der Waals surface area contributed by atoms with Gasteiger partial charge in [0, 0.05) is 10.0 Å². The summed E-state index contributed by atoms with van der Waals surface area (Å²) in [6, 6.07) is 24.4. The lowest BCUT2D eigenvalue weighted by Crippen LogP contribution is -1.90. The standard InChI is InChI=1S/C19H15BrO/c1-14-13-16(20)11-12-18(14)21-19-10-6-5-9-17(19)15-7-3-2-4-8-15/h2-13H,1H3.